The third kappa shape index (κ3) is 4.37. The number of hydroxylamine groups is 1. The molecule has 0 fully saturated rings. The summed E-state index contributed by atoms with van der Waals surface area (Å²) in [6.45, 7) is 2.19. The van der Waals surface area contributed by atoms with Crippen molar-refractivity contribution in [1.29, 1.82) is 0 Å². The first-order valence-electron chi connectivity index (χ1n) is 8.31. The van der Waals surface area contributed by atoms with Crippen LogP contribution in [0.4, 0.5) is 18.9 Å². The molecule has 3 N–H and O–H groups in total. The molecule has 0 aliphatic heterocycles. The summed E-state index contributed by atoms with van der Waals surface area (Å²) in [5.74, 6) is 0.0596. The fraction of sp³-hybridized carbons (Fsp3) is 0.211. The van der Waals surface area contributed by atoms with Crippen LogP contribution in [0.5, 0.6) is 5.75 Å². The first-order chi connectivity index (χ1) is 13.3. The lowest BCUT2D eigenvalue weighted by atomic mass is 10.2. The highest BCUT2D eigenvalue weighted by atomic mass is 19.4. The van der Waals surface area contributed by atoms with Gasteiger partial charge in [0.1, 0.15) is 12.0 Å². The maximum atomic E-state index is 12.8. The maximum Gasteiger partial charge on any atom is 0.416 e. The van der Waals surface area contributed by atoms with Crippen LogP contribution in [0.15, 0.2) is 54.7 Å². The van der Waals surface area contributed by atoms with Crippen LogP contribution in [0.25, 0.3) is 11.0 Å². The van der Waals surface area contributed by atoms with Crippen LogP contribution in [0.2, 0.25) is 0 Å². The van der Waals surface area contributed by atoms with E-state index in [-0.39, 0.29) is 5.75 Å². The summed E-state index contributed by atoms with van der Waals surface area (Å²) in [6, 6.07) is 8.33. The van der Waals surface area contributed by atoms with Crippen LogP contribution in [0, 0.1) is 6.92 Å². The van der Waals surface area contributed by atoms with Gasteiger partial charge in [-0.05, 0) is 42.8 Å². The Bertz CT molecular complexity index is 1010. The van der Waals surface area contributed by atoms with Gasteiger partial charge in [-0.3, -0.25) is 10.3 Å². The summed E-state index contributed by atoms with van der Waals surface area (Å²) in [4.78, 5) is 9.25. The zero-order valence-corrected chi connectivity index (χ0v) is 15.2. The number of benzene rings is 2. The number of alkyl halides is 3. The molecule has 2 aromatic carbocycles. The second-order valence-corrected chi connectivity index (χ2v) is 6.16. The molecule has 0 saturated heterocycles. The molecule has 0 spiro atoms. The van der Waals surface area contributed by atoms with Crippen molar-refractivity contribution in [2.24, 2.45) is 0 Å². The van der Waals surface area contributed by atoms with Gasteiger partial charge in [0.2, 0.25) is 0 Å². The van der Waals surface area contributed by atoms with Gasteiger partial charge in [0.05, 0.1) is 42.3 Å². The number of aryl methyl sites for hydroxylation is 1. The van der Waals surface area contributed by atoms with E-state index in [9.17, 15) is 13.2 Å². The van der Waals surface area contributed by atoms with E-state index in [1.165, 1.54) is 25.5 Å². The number of nitrogens with two attached hydrogens (primary N) is 1. The predicted octanol–water partition coefficient (Wildman–Crippen LogP) is 4.02. The normalized spacial score (nSPS) is 12.4. The number of anilines is 1. The molecule has 0 amide bonds. The van der Waals surface area contributed by atoms with Crippen molar-refractivity contribution in [1.82, 2.24) is 15.0 Å². The number of hydrogen-bond donors (Lipinski definition) is 2. The highest BCUT2D eigenvalue weighted by Crippen LogP contribution is 2.31. The molecule has 3 rings (SSSR count). The molecule has 1 heterocycles. The van der Waals surface area contributed by atoms with Crippen LogP contribution in [-0.2, 0) is 17.6 Å². The molecule has 3 aromatic rings. The fourth-order valence-electron chi connectivity index (χ4n) is 2.64. The van der Waals surface area contributed by atoms with E-state index in [4.69, 9.17) is 15.3 Å². The quantitative estimate of drug-likeness (QED) is 0.377. The third-order valence-electron chi connectivity index (χ3n) is 4.08. The van der Waals surface area contributed by atoms with Crippen LogP contribution >= 0.6 is 0 Å². The average Bonchev–Trinajstić information content (AvgIpc) is 3.01. The van der Waals surface area contributed by atoms with Crippen molar-refractivity contribution in [3.63, 3.8) is 0 Å². The lowest BCUT2D eigenvalue weighted by Gasteiger charge is -2.12. The number of rotatable bonds is 6. The van der Waals surface area contributed by atoms with Crippen LogP contribution in [0.3, 0.4) is 0 Å². The monoisotopic (exact) mass is 392 g/mol. The molecule has 0 radical (unpaired) electrons. The van der Waals surface area contributed by atoms with Gasteiger partial charge in [-0.2, -0.15) is 13.2 Å². The van der Waals surface area contributed by atoms with Gasteiger partial charge in [-0.1, -0.05) is 6.07 Å². The summed E-state index contributed by atoms with van der Waals surface area (Å²) in [7, 11) is 1.43. The standard InChI is InChI=1S/C19H19F3N4O2/c1-12-6-18-17(8-16(12)23)24-11-26(18)9-14(25-27-2)10-28-15-5-3-4-13(7-15)19(20,21)22/h3-8,10-11,25H,9,23H2,1-2H3. The summed E-state index contributed by atoms with van der Waals surface area (Å²) in [6.07, 6.45) is -1.50. The van der Waals surface area contributed by atoms with Crippen LogP contribution in [0.1, 0.15) is 11.1 Å². The van der Waals surface area contributed by atoms with E-state index in [1.807, 2.05) is 17.6 Å². The van der Waals surface area contributed by atoms with Crippen LogP contribution in [-0.4, -0.2) is 16.7 Å². The van der Waals surface area contributed by atoms with Gasteiger partial charge >= 0.3 is 6.18 Å². The van der Waals surface area contributed by atoms with E-state index in [0.29, 0.717) is 17.9 Å². The zero-order valence-electron chi connectivity index (χ0n) is 15.2. The number of halogens is 3. The van der Waals surface area contributed by atoms with Gasteiger partial charge in [0.25, 0.3) is 0 Å². The number of aromatic nitrogens is 2. The molecule has 148 valence electrons. The Hall–Kier alpha value is -3.20. The SMILES string of the molecule is CONC(=COc1cccc(C(F)(F)F)c1)Cn1cnc2cc(N)c(C)cc21. The van der Waals surface area contributed by atoms with Gasteiger partial charge in [0, 0.05) is 5.69 Å². The van der Waals surface area contributed by atoms with Crippen LogP contribution < -0.4 is 16.0 Å². The molecule has 6 nitrogen and oxygen atoms in total. The van der Waals surface area contributed by atoms with Crippen molar-refractivity contribution in [2.45, 2.75) is 19.6 Å². The van der Waals surface area contributed by atoms with E-state index in [1.54, 1.807) is 12.4 Å². The number of nitrogen functional groups attached to an aromatic ring is 1. The second kappa shape index (κ2) is 7.81. The summed E-state index contributed by atoms with van der Waals surface area (Å²) in [5, 5.41) is 0. The highest BCUT2D eigenvalue weighted by molar-refractivity contribution is 5.80. The Morgan fingerprint density at radius 2 is 2.07 bits per heavy atom. The number of allylic oxidation sites excluding steroid dienone is 1. The molecular formula is C19H19F3N4O2. The van der Waals surface area contributed by atoms with Gasteiger partial charge in [-0.25, -0.2) is 4.98 Å². The van der Waals surface area contributed by atoms with Gasteiger partial charge in [-0.15, -0.1) is 0 Å². The van der Waals surface area contributed by atoms with Crippen molar-refractivity contribution < 1.29 is 22.7 Å². The van der Waals surface area contributed by atoms with E-state index >= 15 is 0 Å². The molecule has 9 heteroatoms. The van der Waals surface area contributed by atoms with Crippen molar-refractivity contribution in [2.75, 3.05) is 12.8 Å². The number of imidazole rings is 1. The Labute approximate surface area is 159 Å². The lowest BCUT2D eigenvalue weighted by Crippen LogP contribution is -2.17. The largest absolute Gasteiger partial charge is 0.463 e. The Kier molecular flexibility index (Phi) is 5.46. The molecule has 0 unspecified atom stereocenters. The number of fused-ring (bicyclic) bond motifs is 1. The zero-order chi connectivity index (χ0) is 20.3. The average molecular weight is 392 g/mol. The highest BCUT2D eigenvalue weighted by Gasteiger charge is 2.30. The van der Waals surface area contributed by atoms with Gasteiger partial charge in [0.15, 0.2) is 0 Å². The Balaban J connectivity index is 1.83. The summed E-state index contributed by atoms with van der Waals surface area (Å²) >= 11 is 0. The lowest BCUT2D eigenvalue weighted by molar-refractivity contribution is -0.137. The molecule has 0 aliphatic rings. The predicted molar refractivity (Wildman–Crippen MR) is 99.2 cm³/mol. The molecular weight excluding hydrogens is 373 g/mol. The molecule has 0 bridgehead atoms. The topological polar surface area (TPSA) is 74.3 Å². The van der Waals surface area contributed by atoms with E-state index < -0.39 is 11.7 Å². The molecule has 0 aliphatic carbocycles. The number of nitrogens with one attached hydrogen (secondary N) is 1. The molecule has 28 heavy (non-hydrogen) atoms. The number of ether oxygens (including phenoxy) is 1. The van der Waals surface area contributed by atoms with E-state index in [0.717, 1.165) is 28.7 Å². The maximum absolute atomic E-state index is 12.8. The minimum Gasteiger partial charge on any atom is -0.463 e. The second-order valence-electron chi connectivity index (χ2n) is 6.16. The Morgan fingerprint density at radius 1 is 1.29 bits per heavy atom. The Morgan fingerprint density at radius 3 is 2.79 bits per heavy atom. The molecule has 0 atom stereocenters. The number of hydrogen-bond acceptors (Lipinski definition) is 5. The fourth-order valence-corrected chi connectivity index (χ4v) is 2.64. The summed E-state index contributed by atoms with van der Waals surface area (Å²) in [5.41, 5.74) is 11.4. The van der Waals surface area contributed by atoms with Crippen molar-refractivity contribution in [3.05, 3.63) is 65.8 Å². The molecule has 0 saturated carbocycles. The van der Waals surface area contributed by atoms with Gasteiger partial charge < -0.3 is 15.0 Å². The smallest absolute Gasteiger partial charge is 0.416 e. The summed E-state index contributed by atoms with van der Waals surface area (Å²) < 4.78 is 45.7. The first-order valence-corrected chi connectivity index (χ1v) is 8.31. The minimum absolute atomic E-state index is 0.0596. The molecule has 1 aromatic heterocycles. The van der Waals surface area contributed by atoms with Crippen molar-refractivity contribution in [3.8, 4) is 5.75 Å². The first kappa shape index (κ1) is 19.6. The van der Waals surface area contributed by atoms with Crippen molar-refractivity contribution >= 4 is 16.7 Å². The third-order valence-corrected chi connectivity index (χ3v) is 4.08. The van der Waals surface area contributed by atoms with E-state index in [2.05, 4.69) is 10.5 Å². The number of nitrogens with zero attached hydrogens (tertiary/aromatic N) is 2. The minimum atomic E-state index is -4.44.